The number of nitrogens with zero attached hydrogens (tertiary/aromatic N) is 6. The molecular formula is C22H18N6O3. The average Bonchev–Trinajstić information content (AvgIpc) is 3.29. The SMILES string of the molecule is Cc1cc2ncc3c(c2cc1-c1cnn(C)c1)n(-c1ccc(C(=O)O)cn1)c(=O)n3C. The normalized spacial score (nSPS) is 11.5. The summed E-state index contributed by atoms with van der Waals surface area (Å²) in [5.74, 6) is -0.729. The molecule has 9 heteroatoms. The van der Waals surface area contributed by atoms with Gasteiger partial charge in [-0.2, -0.15) is 5.10 Å². The smallest absolute Gasteiger partial charge is 0.337 e. The quantitative estimate of drug-likeness (QED) is 0.486. The van der Waals surface area contributed by atoms with Gasteiger partial charge in [0.15, 0.2) is 0 Å². The number of carbonyl (C=O) groups is 1. The van der Waals surface area contributed by atoms with Gasteiger partial charge < -0.3 is 5.11 Å². The summed E-state index contributed by atoms with van der Waals surface area (Å²) in [6, 6.07) is 6.97. The molecule has 0 saturated heterocycles. The number of carboxylic acids is 1. The van der Waals surface area contributed by atoms with Gasteiger partial charge in [0.1, 0.15) is 5.82 Å². The molecule has 154 valence electrons. The van der Waals surface area contributed by atoms with Gasteiger partial charge in [0.05, 0.1) is 34.5 Å². The van der Waals surface area contributed by atoms with Crippen molar-refractivity contribution in [3.63, 3.8) is 0 Å². The Morgan fingerprint density at radius 1 is 1.06 bits per heavy atom. The Morgan fingerprint density at radius 3 is 2.52 bits per heavy atom. The van der Waals surface area contributed by atoms with E-state index in [2.05, 4.69) is 15.1 Å². The summed E-state index contributed by atoms with van der Waals surface area (Å²) in [6.45, 7) is 2.01. The first-order valence-electron chi connectivity index (χ1n) is 9.54. The number of fused-ring (bicyclic) bond motifs is 3. The highest BCUT2D eigenvalue weighted by molar-refractivity contribution is 6.05. The first-order chi connectivity index (χ1) is 14.8. The Bertz CT molecular complexity index is 1560. The second-order valence-corrected chi connectivity index (χ2v) is 7.47. The minimum Gasteiger partial charge on any atom is -0.478 e. The molecule has 31 heavy (non-hydrogen) atoms. The van der Waals surface area contributed by atoms with Crippen LogP contribution in [0.15, 0.2) is 53.8 Å². The van der Waals surface area contributed by atoms with Gasteiger partial charge in [0, 0.05) is 37.4 Å². The Labute approximate surface area is 175 Å². The lowest BCUT2D eigenvalue weighted by Crippen LogP contribution is -2.21. The van der Waals surface area contributed by atoms with Gasteiger partial charge in [-0.3, -0.25) is 14.2 Å². The zero-order valence-electron chi connectivity index (χ0n) is 17.1. The number of aromatic nitrogens is 6. The molecule has 4 aromatic heterocycles. The topological polar surface area (TPSA) is 108 Å². The molecule has 9 nitrogen and oxygen atoms in total. The lowest BCUT2D eigenvalue weighted by atomic mass is 10.00. The maximum absolute atomic E-state index is 13.1. The van der Waals surface area contributed by atoms with Crippen LogP contribution in [0.25, 0.3) is 38.9 Å². The van der Waals surface area contributed by atoms with Crippen LogP contribution >= 0.6 is 0 Å². The highest BCUT2D eigenvalue weighted by atomic mass is 16.4. The number of hydrogen-bond acceptors (Lipinski definition) is 5. The third-order valence-electron chi connectivity index (χ3n) is 5.47. The lowest BCUT2D eigenvalue weighted by Gasteiger charge is -2.09. The summed E-state index contributed by atoms with van der Waals surface area (Å²) < 4.78 is 4.75. The summed E-state index contributed by atoms with van der Waals surface area (Å²) >= 11 is 0. The predicted molar refractivity (Wildman–Crippen MR) is 116 cm³/mol. The molecule has 0 aliphatic carbocycles. The van der Waals surface area contributed by atoms with Crippen LogP contribution in [0, 0.1) is 6.92 Å². The summed E-state index contributed by atoms with van der Waals surface area (Å²) in [5.41, 5.74) is 4.84. The number of benzene rings is 1. The van der Waals surface area contributed by atoms with Crippen LogP contribution in [0.2, 0.25) is 0 Å². The van der Waals surface area contributed by atoms with Gasteiger partial charge >= 0.3 is 11.7 Å². The molecule has 0 aliphatic heterocycles. The Hall–Kier alpha value is -4.27. The zero-order valence-corrected chi connectivity index (χ0v) is 17.1. The molecule has 5 aromatic rings. The fourth-order valence-electron chi connectivity index (χ4n) is 3.88. The molecule has 1 N–H and O–H groups in total. The molecule has 0 amide bonds. The number of hydrogen-bond donors (Lipinski definition) is 1. The summed E-state index contributed by atoms with van der Waals surface area (Å²) in [4.78, 5) is 33.1. The van der Waals surface area contributed by atoms with Crippen molar-refractivity contribution in [2.75, 3.05) is 0 Å². The summed E-state index contributed by atoms with van der Waals surface area (Å²) in [5, 5.41) is 14.2. The number of aryl methyl sites for hydroxylation is 3. The maximum atomic E-state index is 13.1. The van der Waals surface area contributed by atoms with Gasteiger partial charge in [0.25, 0.3) is 0 Å². The van der Waals surface area contributed by atoms with Crippen molar-refractivity contribution in [3.8, 4) is 16.9 Å². The first-order valence-corrected chi connectivity index (χ1v) is 9.54. The minimum absolute atomic E-state index is 0.0537. The number of carboxylic acid groups (broad SMARTS) is 1. The van der Waals surface area contributed by atoms with Crippen molar-refractivity contribution in [1.82, 2.24) is 28.9 Å². The molecule has 4 heterocycles. The molecule has 5 rings (SSSR count). The summed E-state index contributed by atoms with van der Waals surface area (Å²) in [7, 11) is 3.54. The molecule has 0 aliphatic rings. The number of imidazole rings is 1. The number of pyridine rings is 2. The van der Waals surface area contributed by atoms with Crippen molar-refractivity contribution < 1.29 is 9.90 Å². The Balaban J connectivity index is 1.86. The van der Waals surface area contributed by atoms with Crippen LogP contribution in [-0.4, -0.2) is 40.0 Å². The van der Waals surface area contributed by atoms with Crippen molar-refractivity contribution in [1.29, 1.82) is 0 Å². The Kier molecular flexibility index (Phi) is 4.01. The van der Waals surface area contributed by atoms with Crippen LogP contribution in [0.3, 0.4) is 0 Å². The van der Waals surface area contributed by atoms with Gasteiger partial charge in [-0.1, -0.05) is 0 Å². The largest absolute Gasteiger partial charge is 0.478 e. The van der Waals surface area contributed by atoms with Crippen LogP contribution in [0.4, 0.5) is 0 Å². The molecular weight excluding hydrogens is 396 g/mol. The van der Waals surface area contributed by atoms with E-state index < -0.39 is 5.97 Å². The molecule has 0 saturated carbocycles. The minimum atomic E-state index is -1.07. The lowest BCUT2D eigenvalue weighted by molar-refractivity contribution is 0.0696. The predicted octanol–water partition coefficient (Wildman–Crippen LogP) is 2.68. The van der Waals surface area contributed by atoms with Gasteiger partial charge in [-0.05, 0) is 42.3 Å². The first kappa shape index (κ1) is 18.7. The second-order valence-electron chi connectivity index (χ2n) is 7.47. The summed E-state index contributed by atoms with van der Waals surface area (Å²) in [6.07, 6.45) is 6.65. The third kappa shape index (κ3) is 2.82. The second kappa shape index (κ2) is 6.63. The number of rotatable bonds is 3. The fourth-order valence-corrected chi connectivity index (χ4v) is 3.88. The van der Waals surface area contributed by atoms with Crippen LogP contribution < -0.4 is 5.69 Å². The van der Waals surface area contributed by atoms with E-state index in [4.69, 9.17) is 5.11 Å². The molecule has 0 unspecified atom stereocenters. The van der Waals surface area contributed by atoms with Crippen molar-refractivity contribution >= 4 is 27.9 Å². The molecule has 0 radical (unpaired) electrons. The maximum Gasteiger partial charge on any atom is 0.337 e. The van der Waals surface area contributed by atoms with Gasteiger partial charge in [0.2, 0.25) is 0 Å². The highest BCUT2D eigenvalue weighted by Gasteiger charge is 2.19. The van der Waals surface area contributed by atoms with Crippen LogP contribution in [-0.2, 0) is 14.1 Å². The van der Waals surface area contributed by atoms with Crippen LogP contribution in [0.1, 0.15) is 15.9 Å². The number of aromatic carboxylic acids is 1. The van der Waals surface area contributed by atoms with E-state index in [0.29, 0.717) is 16.9 Å². The standard InChI is InChI=1S/C22H18N6O3/c1-12-6-17-16(7-15(12)14-9-25-26(2)11-14)20-18(10-23-17)27(3)22(31)28(20)19-5-4-13(8-24-19)21(29)30/h4-11H,1-3H3,(H,29,30). The van der Waals surface area contributed by atoms with Crippen molar-refractivity contribution in [2.24, 2.45) is 14.1 Å². The van der Waals surface area contributed by atoms with E-state index in [1.54, 1.807) is 24.1 Å². The van der Waals surface area contributed by atoms with E-state index in [9.17, 15) is 9.59 Å². The van der Waals surface area contributed by atoms with Gasteiger partial charge in [-0.25, -0.2) is 19.1 Å². The molecule has 0 spiro atoms. The third-order valence-corrected chi connectivity index (χ3v) is 5.47. The van der Waals surface area contributed by atoms with E-state index in [-0.39, 0.29) is 11.3 Å². The average molecular weight is 414 g/mol. The van der Waals surface area contributed by atoms with E-state index >= 15 is 0 Å². The molecule has 0 fully saturated rings. The highest BCUT2D eigenvalue weighted by Crippen LogP contribution is 2.31. The molecule has 0 atom stereocenters. The Morgan fingerprint density at radius 2 is 1.87 bits per heavy atom. The fraction of sp³-hybridized carbons (Fsp3) is 0.136. The van der Waals surface area contributed by atoms with E-state index in [1.807, 2.05) is 32.3 Å². The van der Waals surface area contributed by atoms with Crippen molar-refractivity contribution in [2.45, 2.75) is 6.92 Å². The monoisotopic (exact) mass is 414 g/mol. The molecule has 1 aromatic carbocycles. The molecule has 0 bridgehead atoms. The van der Waals surface area contributed by atoms with E-state index in [0.717, 1.165) is 27.6 Å². The van der Waals surface area contributed by atoms with Crippen LogP contribution in [0.5, 0.6) is 0 Å². The van der Waals surface area contributed by atoms with Crippen molar-refractivity contribution in [3.05, 3.63) is 70.7 Å². The van der Waals surface area contributed by atoms with E-state index in [1.165, 1.54) is 27.5 Å². The van der Waals surface area contributed by atoms with Gasteiger partial charge in [-0.15, -0.1) is 0 Å². The zero-order chi connectivity index (χ0) is 21.9.